The minimum absolute atomic E-state index is 0.0854. The number of benzene rings is 1. The lowest BCUT2D eigenvalue weighted by Gasteiger charge is -2.09. The van der Waals surface area contributed by atoms with E-state index in [-0.39, 0.29) is 23.7 Å². The van der Waals surface area contributed by atoms with Crippen LogP contribution >= 0.6 is 0 Å². The minimum atomic E-state index is -3.83. The molecule has 0 radical (unpaired) electrons. The molecule has 0 aliphatic heterocycles. The summed E-state index contributed by atoms with van der Waals surface area (Å²) >= 11 is 0. The third kappa shape index (κ3) is 4.42. The summed E-state index contributed by atoms with van der Waals surface area (Å²) in [4.78, 5) is 12.7. The van der Waals surface area contributed by atoms with E-state index in [1.807, 2.05) is 0 Å². The molecule has 1 N–H and O–H groups in total. The Morgan fingerprint density at radius 1 is 1.43 bits per heavy atom. The minimum Gasteiger partial charge on any atom is -0.258 e. The largest absolute Gasteiger partial charge is 0.273 e. The first-order valence-corrected chi connectivity index (χ1v) is 7.54. The quantitative estimate of drug-likeness (QED) is 0.206. The van der Waals surface area contributed by atoms with Crippen LogP contribution in [0.2, 0.25) is 0 Å². The van der Waals surface area contributed by atoms with Crippen LogP contribution in [-0.2, 0) is 10.0 Å². The van der Waals surface area contributed by atoms with Crippen molar-refractivity contribution in [2.24, 2.45) is 5.11 Å². The fourth-order valence-electron chi connectivity index (χ4n) is 1.64. The molecular formula is C11H15N5O4S. The lowest BCUT2D eigenvalue weighted by atomic mass is 10.1. The normalized spacial score (nSPS) is 11.0. The van der Waals surface area contributed by atoms with Gasteiger partial charge >= 0.3 is 0 Å². The van der Waals surface area contributed by atoms with Crippen LogP contribution in [0.4, 0.5) is 5.69 Å². The van der Waals surface area contributed by atoms with E-state index in [2.05, 4.69) is 14.7 Å². The van der Waals surface area contributed by atoms with Gasteiger partial charge in [-0.15, -0.1) is 0 Å². The summed E-state index contributed by atoms with van der Waals surface area (Å²) in [6, 6.07) is 2.43. The van der Waals surface area contributed by atoms with Gasteiger partial charge in [-0.3, -0.25) is 10.1 Å². The summed E-state index contributed by atoms with van der Waals surface area (Å²) in [6.45, 7) is 3.44. The lowest BCUT2D eigenvalue weighted by Crippen LogP contribution is -2.25. The van der Waals surface area contributed by atoms with Crippen LogP contribution in [0.5, 0.6) is 0 Å². The Hall–Kier alpha value is -2.16. The highest BCUT2D eigenvalue weighted by molar-refractivity contribution is 7.89. The predicted molar refractivity (Wildman–Crippen MR) is 76.4 cm³/mol. The smallest absolute Gasteiger partial charge is 0.258 e. The highest BCUT2D eigenvalue weighted by Crippen LogP contribution is 2.25. The van der Waals surface area contributed by atoms with E-state index in [1.54, 1.807) is 13.8 Å². The van der Waals surface area contributed by atoms with E-state index >= 15 is 0 Å². The number of rotatable bonds is 7. The van der Waals surface area contributed by atoms with Crippen LogP contribution in [0, 0.1) is 24.0 Å². The SMILES string of the molecule is Cc1cc(S(=O)(=O)NCCCN=[N+]=[N-])cc([N+](=O)[O-])c1C. The zero-order valence-corrected chi connectivity index (χ0v) is 12.4. The standard InChI is InChI=1S/C11H15N5O4S/c1-8-6-10(7-11(9(8)2)16(17)18)21(19,20)14-5-3-4-13-15-12/h6-7,14H,3-5H2,1-2H3. The molecule has 21 heavy (non-hydrogen) atoms. The lowest BCUT2D eigenvalue weighted by molar-refractivity contribution is -0.385. The van der Waals surface area contributed by atoms with Crippen LogP contribution in [-0.4, -0.2) is 26.4 Å². The number of nitro groups is 1. The second-order valence-corrected chi connectivity index (χ2v) is 6.11. The fraction of sp³-hybridized carbons (Fsp3) is 0.455. The average molecular weight is 313 g/mol. The first-order valence-electron chi connectivity index (χ1n) is 6.05. The zero-order valence-electron chi connectivity index (χ0n) is 11.6. The van der Waals surface area contributed by atoms with Crippen molar-refractivity contribution >= 4 is 15.7 Å². The molecule has 0 aromatic heterocycles. The van der Waals surface area contributed by atoms with Gasteiger partial charge in [0, 0.05) is 29.6 Å². The van der Waals surface area contributed by atoms with Gasteiger partial charge in [-0.05, 0) is 37.4 Å². The molecule has 0 heterocycles. The number of hydrogen-bond donors (Lipinski definition) is 1. The van der Waals surface area contributed by atoms with Crippen molar-refractivity contribution in [2.75, 3.05) is 13.1 Å². The van der Waals surface area contributed by atoms with Gasteiger partial charge in [0.25, 0.3) is 5.69 Å². The van der Waals surface area contributed by atoms with Crippen molar-refractivity contribution in [3.8, 4) is 0 Å². The molecule has 1 aromatic carbocycles. The van der Waals surface area contributed by atoms with E-state index in [9.17, 15) is 18.5 Å². The Balaban J connectivity index is 2.98. The average Bonchev–Trinajstić information content (AvgIpc) is 2.40. The summed E-state index contributed by atoms with van der Waals surface area (Å²) < 4.78 is 26.4. The maximum atomic E-state index is 12.1. The maximum Gasteiger partial charge on any atom is 0.273 e. The van der Waals surface area contributed by atoms with Crippen LogP contribution < -0.4 is 4.72 Å². The number of nitrogens with one attached hydrogen (secondary N) is 1. The fourth-order valence-corrected chi connectivity index (χ4v) is 2.82. The van der Waals surface area contributed by atoms with Crippen LogP contribution in [0.15, 0.2) is 22.1 Å². The molecule has 0 saturated heterocycles. The molecule has 1 rings (SSSR count). The molecule has 0 bridgehead atoms. The molecule has 0 aliphatic rings. The topological polar surface area (TPSA) is 138 Å². The van der Waals surface area contributed by atoms with Crippen molar-refractivity contribution in [3.05, 3.63) is 43.8 Å². The van der Waals surface area contributed by atoms with Gasteiger partial charge < -0.3 is 0 Å². The molecule has 0 unspecified atom stereocenters. The van der Waals surface area contributed by atoms with Crippen molar-refractivity contribution in [1.82, 2.24) is 4.72 Å². The monoisotopic (exact) mass is 313 g/mol. The first kappa shape index (κ1) is 16.9. The Morgan fingerprint density at radius 3 is 2.67 bits per heavy atom. The van der Waals surface area contributed by atoms with Crippen LogP contribution in [0.25, 0.3) is 10.4 Å². The van der Waals surface area contributed by atoms with E-state index in [1.165, 1.54) is 6.07 Å². The molecule has 0 amide bonds. The molecule has 0 saturated carbocycles. The third-order valence-corrected chi connectivity index (χ3v) is 4.35. The number of nitrogens with zero attached hydrogens (tertiary/aromatic N) is 4. The van der Waals surface area contributed by atoms with Gasteiger partial charge in [0.15, 0.2) is 0 Å². The van der Waals surface area contributed by atoms with E-state index in [4.69, 9.17) is 5.53 Å². The molecule has 0 spiro atoms. The Kier molecular flexibility index (Phi) is 5.65. The van der Waals surface area contributed by atoms with E-state index in [0.29, 0.717) is 17.5 Å². The summed E-state index contributed by atoms with van der Waals surface area (Å²) in [5, 5.41) is 14.2. The molecule has 0 atom stereocenters. The van der Waals surface area contributed by atoms with E-state index in [0.717, 1.165) is 6.07 Å². The molecule has 114 valence electrons. The van der Waals surface area contributed by atoms with Crippen molar-refractivity contribution in [1.29, 1.82) is 0 Å². The van der Waals surface area contributed by atoms with Crippen molar-refractivity contribution in [3.63, 3.8) is 0 Å². The second-order valence-electron chi connectivity index (χ2n) is 4.35. The molecular weight excluding hydrogens is 298 g/mol. The van der Waals surface area contributed by atoms with Gasteiger partial charge in [-0.2, -0.15) is 0 Å². The number of azide groups is 1. The predicted octanol–water partition coefficient (Wildman–Crippen LogP) is 2.19. The van der Waals surface area contributed by atoms with Crippen molar-refractivity contribution < 1.29 is 13.3 Å². The van der Waals surface area contributed by atoms with Crippen LogP contribution in [0.1, 0.15) is 17.5 Å². The van der Waals surface area contributed by atoms with Crippen LogP contribution in [0.3, 0.4) is 0 Å². The molecule has 9 nitrogen and oxygen atoms in total. The molecule has 0 aliphatic carbocycles. The Bertz CT molecular complexity index is 695. The number of aryl methyl sites for hydroxylation is 1. The zero-order chi connectivity index (χ0) is 16.0. The van der Waals surface area contributed by atoms with E-state index < -0.39 is 14.9 Å². The van der Waals surface area contributed by atoms with Gasteiger partial charge in [0.2, 0.25) is 10.0 Å². The number of sulfonamides is 1. The third-order valence-electron chi connectivity index (χ3n) is 2.91. The van der Waals surface area contributed by atoms with Gasteiger partial charge in [0.1, 0.15) is 0 Å². The molecule has 10 heteroatoms. The highest BCUT2D eigenvalue weighted by atomic mass is 32.2. The summed E-state index contributed by atoms with van der Waals surface area (Å²) in [5.74, 6) is 0. The maximum absolute atomic E-state index is 12.1. The Morgan fingerprint density at radius 2 is 2.10 bits per heavy atom. The summed E-state index contributed by atoms with van der Waals surface area (Å²) in [6.07, 6.45) is 0.343. The molecule has 0 fully saturated rings. The first-order chi connectivity index (χ1) is 9.79. The van der Waals surface area contributed by atoms with Gasteiger partial charge in [-0.25, -0.2) is 13.1 Å². The Labute approximate surface area is 121 Å². The number of nitro benzene ring substituents is 1. The summed E-state index contributed by atoms with van der Waals surface area (Å²) in [7, 11) is -3.83. The second kappa shape index (κ2) is 7.02. The van der Waals surface area contributed by atoms with Crippen molar-refractivity contribution in [2.45, 2.75) is 25.2 Å². The summed E-state index contributed by atoms with van der Waals surface area (Å²) in [5.41, 5.74) is 8.83. The van der Waals surface area contributed by atoms with Gasteiger partial charge in [-0.1, -0.05) is 5.11 Å². The number of hydrogen-bond acceptors (Lipinski definition) is 5. The van der Waals surface area contributed by atoms with Gasteiger partial charge in [0.05, 0.1) is 9.82 Å². The highest BCUT2D eigenvalue weighted by Gasteiger charge is 2.21. The molecule has 1 aromatic rings.